The summed E-state index contributed by atoms with van der Waals surface area (Å²) in [7, 11) is 0. The first-order valence-electron chi connectivity index (χ1n) is 17.6. The van der Waals surface area contributed by atoms with Crippen molar-refractivity contribution in [1.82, 2.24) is 4.98 Å². The lowest BCUT2D eigenvalue weighted by Gasteiger charge is -2.26. The van der Waals surface area contributed by atoms with Gasteiger partial charge in [-0.15, -0.1) is 0 Å². The standard InChI is InChI=1S/C49H32N2O/c1-3-12-35(13-4-1)49-50-48-46-20-10-19-44(45(46)29-30-47(48)52-49)38-22-21-37-32-41(28-25-36(37)31-38)51(39-15-5-2-6-16-39)40-26-23-34(24-27-40)43-18-9-14-33-11-7-8-17-42(33)43/h1-32H. The third-order valence-electron chi connectivity index (χ3n) is 10.1. The van der Waals surface area contributed by atoms with Gasteiger partial charge >= 0.3 is 0 Å². The van der Waals surface area contributed by atoms with Crippen LogP contribution in [0.15, 0.2) is 199 Å². The number of para-hydroxylation sites is 1. The molecule has 244 valence electrons. The summed E-state index contributed by atoms with van der Waals surface area (Å²) in [4.78, 5) is 7.26. The number of oxazole rings is 1. The summed E-state index contributed by atoms with van der Waals surface area (Å²) in [5, 5.41) is 7.12. The lowest BCUT2D eigenvalue weighted by Crippen LogP contribution is -2.09. The van der Waals surface area contributed by atoms with Crippen LogP contribution in [0.25, 0.3) is 77.1 Å². The minimum absolute atomic E-state index is 0.639. The number of hydrogen-bond acceptors (Lipinski definition) is 3. The Morgan fingerprint density at radius 2 is 0.981 bits per heavy atom. The molecule has 0 unspecified atom stereocenters. The van der Waals surface area contributed by atoms with Gasteiger partial charge < -0.3 is 9.32 Å². The molecule has 9 aromatic carbocycles. The average molecular weight is 665 g/mol. The van der Waals surface area contributed by atoms with Crippen molar-refractivity contribution in [2.24, 2.45) is 0 Å². The third-order valence-corrected chi connectivity index (χ3v) is 10.1. The summed E-state index contributed by atoms with van der Waals surface area (Å²) in [5.41, 5.74) is 10.8. The highest BCUT2D eigenvalue weighted by Crippen LogP contribution is 2.40. The summed E-state index contributed by atoms with van der Waals surface area (Å²) >= 11 is 0. The predicted octanol–water partition coefficient (Wildman–Crippen LogP) is 13.8. The Balaban J connectivity index is 1.02. The van der Waals surface area contributed by atoms with Gasteiger partial charge in [-0.3, -0.25) is 0 Å². The van der Waals surface area contributed by atoms with Gasteiger partial charge in [-0.2, -0.15) is 0 Å². The van der Waals surface area contributed by atoms with Gasteiger partial charge in [-0.1, -0.05) is 127 Å². The zero-order chi connectivity index (χ0) is 34.4. The van der Waals surface area contributed by atoms with Gasteiger partial charge in [0.2, 0.25) is 5.89 Å². The van der Waals surface area contributed by atoms with Gasteiger partial charge in [-0.25, -0.2) is 4.98 Å². The van der Waals surface area contributed by atoms with Crippen LogP contribution in [0.4, 0.5) is 17.1 Å². The highest BCUT2D eigenvalue weighted by molar-refractivity contribution is 6.10. The predicted molar refractivity (Wildman–Crippen MR) is 218 cm³/mol. The fourth-order valence-electron chi connectivity index (χ4n) is 7.54. The second-order valence-corrected chi connectivity index (χ2v) is 13.2. The van der Waals surface area contributed by atoms with Crippen molar-refractivity contribution < 1.29 is 4.42 Å². The largest absolute Gasteiger partial charge is 0.436 e. The second-order valence-electron chi connectivity index (χ2n) is 13.2. The van der Waals surface area contributed by atoms with Crippen LogP contribution in [-0.2, 0) is 0 Å². The number of aromatic nitrogens is 1. The molecule has 1 aromatic heterocycles. The van der Waals surface area contributed by atoms with Crippen LogP contribution < -0.4 is 4.90 Å². The SMILES string of the molecule is c1ccc(-c2nc3c(ccc4c(-c5ccc6cc(N(c7ccccc7)c7ccc(-c8cccc9ccccc89)cc7)ccc6c5)cccc43)o2)cc1. The molecule has 1 heterocycles. The molecule has 3 heteroatoms. The van der Waals surface area contributed by atoms with Gasteiger partial charge in [0.05, 0.1) is 0 Å². The van der Waals surface area contributed by atoms with Crippen molar-refractivity contribution >= 4 is 60.5 Å². The first-order chi connectivity index (χ1) is 25.8. The van der Waals surface area contributed by atoms with Crippen molar-refractivity contribution in [3.63, 3.8) is 0 Å². The number of fused-ring (bicyclic) bond motifs is 5. The Labute approximate surface area is 301 Å². The Morgan fingerprint density at radius 1 is 0.365 bits per heavy atom. The molecule has 0 aliphatic carbocycles. The Kier molecular flexibility index (Phi) is 7.14. The molecule has 0 bridgehead atoms. The zero-order valence-corrected chi connectivity index (χ0v) is 28.3. The van der Waals surface area contributed by atoms with Gasteiger partial charge in [0, 0.05) is 28.0 Å². The Bertz CT molecular complexity index is 2890. The molecule has 3 nitrogen and oxygen atoms in total. The molecule has 0 N–H and O–H groups in total. The molecule has 0 atom stereocenters. The molecule has 0 aliphatic heterocycles. The second kappa shape index (κ2) is 12.4. The first-order valence-corrected chi connectivity index (χ1v) is 17.6. The molecule has 0 radical (unpaired) electrons. The van der Waals surface area contributed by atoms with Gasteiger partial charge in [0.1, 0.15) is 5.52 Å². The van der Waals surface area contributed by atoms with E-state index in [1.165, 1.54) is 43.8 Å². The van der Waals surface area contributed by atoms with Crippen molar-refractivity contribution in [3.8, 4) is 33.7 Å². The molecular formula is C49H32N2O. The highest BCUT2D eigenvalue weighted by Gasteiger charge is 2.16. The Morgan fingerprint density at radius 3 is 1.83 bits per heavy atom. The number of nitrogens with zero attached hydrogens (tertiary/aromatic N) is 2. The molecule has 0 fully saturated rings. The van der Waals surface area contributed by atoms with E-state index in [4.69, 9.17) is 9.40 Å². The van der Waals surface area contributed by atoms with E-state index in [0.717, 1.165) is 44.5 Å². The number of anilines is 3. The summed E-state index contributed by atoms with van der Waals surface area (Å²) in [6.45, 7) is 0. The van der Waals surface area contributed by atoms with Gasteiger partial charge in [0.15, 0.2) is 5.58 Å². The minimum atomic E-state index is 0.639. The molecule has 0 spiro atoms. The summed E-state index contributed by atoms with van der Waals surface area (Å²) in [5.74, 6) is 0.639. The van der Waals surface area contributed by atoms with E-state index in [0.29, 0.717) is 5.89 Å². The third kappa shape index (κ3) is 5.19. The fraction of sp³-hybridized carbons (Fsp3) is 0. The van der Waals surface area contributed by atoms with Gasteiger partial charge in [0.25, 0.3) is 0 Å². The molecule has 0 saturated carbocycles. The van der Waals surface area contributed by atoms with Crippen LogP contribution in [0, 0.1) is 0 Å². The van der Waals surface area contributed by atoms with Crippen LogP contribution in [0.1, 0.15) is 0 Å². The molecule has 52 heavy (non-hydrogen) atoms. The number of benzene rings is 9. The van der Waals surface area contributed by atoms with Crippen LogP contribution in [0.5, 0.6) is 0 Å². The molecule has 10 rings (SSSR count). The van der Waals surface area contributed by atoms with Crippen LogP contribution in [0.2, 0.25) is 0 Å². The van der Waals surface area contributed by atoms with E-state index in [1.54, 1.807) is 0 Å². The van der Waals surface area contributed by atoms with Crippen molar-refractivity contribution in [2.45, 2.75) is 0 Å². The highest BCUT2D eigenvalue weighted by atomic mass is 16.3. The van der Waals surface area contributed by atoms with E-state index in [9.17, 15) is 0 Å². The maximum absolute atomic E-state index is 6.19. The lowest BCUT2D eigenvalue weighted by atomic mass is 9.95. The minimum Gasteiger partial charge on any atom is -0.436 e. The number of rotatable bonds is 6. The lowest BCUT2D eigenvalue weighted by molar-refractivity contribution is 0.620. The topological polar surface area (TPSA) is 29.3 Å². The van der Waals surface area contributed by atoms with Crippen LogP contribution >= 0.6 is 0 Å². The molecule has 10 aromatic rings. The first kappa shape index (κ1) is 29.9. The molecule has 0 amide bonds. The molecule has 0 saturated heterocycles. The normalized spacial score (nSPS) is 11.5. The fourth-order valence-corrected chi connectivity index (χ4v) is 7.54. The molecule has 0 aliphatic rings. The van der Waals surface area contributed by atoms with E-state index in [1.807, 2.05) is 36.4 Å². The van der Waals surface area contributed by atoms with Crippen LogP contribution in [0.3, 0.4) is 0 Å². The van der Waals surface area contributed by atoms with Crippen LogP contribution in [-0.4, -0.2) is 4.98 Å². The van der Waals surface area contributed by atoms with E-state index < -0.39 is 0 Å². The van der Waals surface area contributed by atoms with Crippen molar-refractivity contribution in [2.75, 3.05) is 4.90 Å². The van der Waals surface area contributed by atoms with E-state index in [2.05, 4.69) is 163 Å². The van der Waals surface area contributed by atoms with Crippen molar-refractivity contribution in [3.05, 3.63) is 194 Å². The molecular weight excluding hydrogens is 633 g/mol. The summed E-state index contributed by atoms with van der Waals surface area (Å²) in [6, 6.07) is 68.9. The van der Waals surface area contributed by atoms with Gasteiger partial charge in [-0.05, 0) is 116 Å². The van der Waals surface area contributed by atoms with E-state index in [-0.39, 0.29) is 0 Å². The average Bonchev–Trinajstić information content (AvgIpc) is 3.67. The zero-order valence-electron chi connectivity index (χ0n) is 28.3. The maximum Gasteiger partial charge on any atom is 0.227 e. The number of hydrogen-bond donors (Lipinski definition) is 0. The quantitative estimate of drug-likeness (QED) is 0.177. The maximum atomic E-state index is 6.19. The van der Waals surface area contributed by atoms with E-state index >= 15 is 0 Å². The smallest absolute Gasteiger partial charge is 0.227 e. The summed E-state index contributed by atoms with van der Waals surface area (Å²) < 4.78 is 6.19. The monoisotopic (exact) mass is 664 g/mol. The Hall–Kier alpha value is -6.97. The summed E-state index contributed by atoms with van der Waals surface area (Å²) in [6.07, 6.45) is 0. The van der Waals surface area contributed by atoms with Crippen molar-refractivity contribution in [1.29, 1.82) is 0 Å².